The van der Waals surface area contributed by atoms with Crippen LogP contribution in [0.4, 0.5) is 0 Å². The molecule has 3 rings (SSSR count). The van der Waals surface area contributed by atoms with E-state index in [1.54, 1.807) is 78.1 Å². The molecular formula is C85H144N22O15. The van der Waals surface area contributed by atoms with Gasteiger partial charge in [0.15, 0.2) is 0 Å². The van der Waals surface area contributed by atoms with Crippen molar-refractivity contribution in [3.8, 4) is 0 Å². The van der Waals surface area contributed by atoms with Crippen molar-refractivity contribution < 1.29 is 71.9 Å². The number of H-pyrrole nitrogens is 1. The number of aromatic amines is 1. The zero-order chi connectivity index (χ0) is 91.1. The summed E-state index contributed by atoms with van der Waals surface area (Å²) < 4.78 is 0. The van der Waals surface area contributed by atoms with Crippen molar-refractivity contribution in [3.05, 3.63) is 71.9 Å². The highest BCUT2D eigenvalue weighted by atomic mass is 16.2. The van der Waals surface area contributed by atoms with Crippen molar-refractivity contribution in [2.75, 3.05) is 45.8 Å². The standard InChI is InChI=1S/C85H144N22O15/c1-12-53(10)72(84(121)95-47-68(108)96-54(11)74(111)107-71(52(8)9)85(122)104-65(43-50(4)5)80(117)100-63(36-22-27-41-90)79(116)106-70(51(6)7)73(92)110)105-69(109)48-94-76(113)60(33-19-24-38-87)97-77(114)61(34-20-25-39-88)98-82(119)66(44-55-28-14-13-15-29-55)103-81(118)64(42-49(2)3)102-78(115)62(35-21-26-40-89)99-83(120)67(101-75(112)58(91)31-18-23-37-86)45-56-46-93-59-32-17-16-30-57(56)59/h13-17,28-30,32,46,49-54,58,60-67,70-72,93H,12,18-27,31,33-45,47-48,86-91H2,1-11H3,(H2,92,110)(H,94,113)(H,95,121)(H,96,108)(H,97,114)(H,98,119)(H,99,120)(H,100,117)(H,101,112)(H,102,115)(H,103,118)(H,104,122)(H,105,109)(H,106,116)(H,107,111)/t53-,54-,58-,60-,61-,62-,63-,64-,65-,66-,67-,70-,71-,72-/m0/s1. The first-order chi connectivity index (χ1) is 57.9. The Hall–Kier alpha value is -10.2. The van der Waals surface area contributed by atoms with Gasteiger partial charge in [-0.1, -0.05) is 131 Å². The number of benzene rings is 2. The Balaban J connectivity index is 1.81. The third-order valence-electron chi connectivity index (χ3n) is 20.9. The molecule has 29 N–H and O–H groups in total. The highest BCUT2D eigenvalue weighted by Gasteiger charge is 2.38. The predicted octanol–water partition coefficient (Wildman–Crippen LogP) is -1.07. The van der Waals surface area contributed by atoms with Crippen LogP contribution in [0.15, 0.2) is 60.8 Å². The number of primary amides is 1. The Morgan fingerprint density at radius 1 is 0.352 bits per heavy atom. The number of hydrogen-bond donors (Lipinski definition) is 22. The first kappa shape index (κ1) is 106. The number of nitrogens with one attached hydrogen (secondary N) is 15. The van der Waals surface area contributed by atoms with Gasteiger partial charge in [-0.25, -0.2) is 0 Å². The molecule has 0 spiro atoms. The van der Waals surface area contributed by atoms with Crippen LogP contribution >= 0.6 is 0 Å². The lowest BCUT2D eigenvalue weighted by Crippen LogP contribution is -2.60. The lowest BCUT2D eigenvalue weighted by Gasteiger charge is -2.29. The molecule has 0 aliphatic rings. The van der Waals surface area contributed by atoms with E-state index in [-0.39, 0.29) is 88.8 Å². The summed E-state index contributed by atoms with van der Waals surface area (Å²) in [5.74, 6) is -13.0. The van der Waals surface area contributed by atoms with Crippen molar-refractivity contribution >= 4 is 99.5 Å². The van der Waals surface area contributed by atoms with Crippen LogP contribution in [-0.2, 0) is 84.8 Å². The molecule has 2 aromatic carbocycles. The number of fused-ring (bicyclic) bond motifs is 1. The maximum Gasteiger partial charge on any atom is 0.243 e. The molecule has 0 aliphatic carbocycles. The summed E-state index contributed by atoms with van der Waals surface area (Å²) in [6, 6.07) is 0.362. The largest absolute Gasteiger partial charge is 0.368 e. The van der Waals surface area contributed by atoms with E-state index in [1.165, 1.54) is 6.92 Å². The van der Waals surface area contributed by atoms with E-state index in [0.29, 0.717) is 101 Å². The SMILES string of the molecule is CC[C@H](C)[C@H](NC(=O)CNC(=O)[C@H](CCCCN)NC(=O)[C@H](CCCCN)NC(=O)[C@H](Cc1ccccc1)NC(=O)[C@H](CC(C)C)NC(=O)[C@H](CCCCN)NC(=O)[C@H](Cc1c[nH]c2ccccc12)NC(=O)[C@@H](N)CCCCN)C(=O)NCC(=O)N[C@@H](C)C(=O)N[C@H](C(=O)N[C@@H](CC(C)C)C(=O)N[C@@H](CCCCN)C(=O)N[C@H](C(N)=O)C(C)C)C(C)C. The summed E-state index contributed by atoms with van der Waals surface area (Å²) in [5.41, 5.74) is 43.1. The average molecular weight is 1710 g/mol. The zero-order valence-corrected chi connectivity index (χ0v) is 73.4. The number of unbranched alkanes of at least 4 members (excludes halogenated alkanes) is 5. The molecule has 0 saturated heterocycles. The van der Waals surface area contributed by atoms with Gasteiger partial charge in [0.25, 0.3) is 0 Å². The van der Waals surface area contributed by atoms with Gasteiger partial charge in [-0.05, 0) is 189 Å². The van der Waals surface area contributed by atoms with Gasteiger partial charge in [-0.15, -0.1) is 0 Å². The first-order valence-electron chi connectivity index (χ1n) is 43.3. The van der Waals surface area contributed by atoms with Gasteiger partial charge in [0.2, 0.25) is 88.6 Å². The third kappa shape index (κ3) is 38.9. The molecule has 0 radical (unpaired) electrons. The number of rotatable bonds is 61. The monoisotopic (exact) mass is 1710 g/mol. The Labute approximate surface area is 718 Å². The van der Waals surface area contributed by atoms with Crippen LogP contribution in [0.2, 0.25) is 0 Å². The molecule has 1 aromatic heterocycles. The quantitative estimate of drug-likeness (QED) is 0.0299. The van der Waals surface area contributed by atoms with Gasteiger partial charge in [-0.2, -0.15) is 0 Å². The summed E-state index contributed by atoms with van der Waals surface area (Å²) in [7, 11) is 0. The second kappa shape index (κ2) is 57.2. The molecule has 37 heteroatoms. The Morgan fingerprint density at radius 2 is 0.721 bits per heavy atom. The molecule has 684 valence electrons. The van der Waals surface area contributed by atoms with Crippen LogP contribution in [0.1, 0.15) is 203 Å². The number of hydrogen-bond acceptors (Lipinski definition) is 21. The van der Waals surface area contributed by atoms with Crippen LogP contribution in [-0.4, -0.2) is 218 Å². The second-order valence-corrected chi connectivity index (χ2v) is 33.0. The third-order valence-corrected chi connectivity index (χ3v) is 20.9. The van der Waals surface area contributed by atoms with Gasteiger partial charge < -0.3 is 120 Å². The number of carbonyl (C=O) groups excluding carboxylic acids is 15. The highest BCUT2D eigenvalue weighted by Crippen LogP contribution is 2.21. The fraction of sp³-hybridized carbons (Fsp3) is 0.659. The molecule has 0 aliphatic heterocycles. The predicted molar refractivity (Wildman–Crippen MR) is 467 cm³/mol. The van der Waals surface area contributed by atoms with Gasteiger partial charge >= 0.3 is 0 Å². The molecule has 3 aromatic rings. The summed E-state index contributed by atoms with van der Waals surface area (Å²) >= 11 is 0. The maximum atomic E-state index is 14.9. The fourth-order valence-corrected chi connectivity index (χ4v) is 13.5. The van der Waals surface area contributed by atoms with Crippen LogP contribution in [0.25, 0.3) is 10.9 Å². The first-order valence-corrected chi connectivity index (χ1v) is 43.3. The molecule has 37 nitrogen and oxygen atoms in total. The van der Waals surface area contributed by atoms with Crippen molar-refractivity contribution in [1.29, 1.82) is 0 Å². The summed E-state index contributed by atoms with van der Waals surface area (Å²) in [5, 5.41) is 38.6. The van der Waals surface area contributed by atoms with E-state index < -0.39 is 192 Å². The normalized spacial score (nSPS) is 14.9. The molecule has 14 atom stereocenters. The lowest BCUT2D eigenvalue weighted by atomic mass is 9.98. The summed E-state index contributed by atoms with van der Waals surface area (Å²) in [6.45, 7) is 18.9. The number of carbonyl (C=O) groups is 15. The minimum atomic E-state index is -1.38. The van der Waals surface area contributed by atoms with Gasteiger partial charge in [0.05, 0.1) is 19.1 Å². The smallest absolute Gasteiger partial charge is 0.243 e. The molecule has 0 fully saturated rings. The van der Waals surface area contributed by atoms with Crippen LogP contribution in [0.3, 0.4) is 0 Å². The van der Waals surface area contributed by atoms with Gasteiger partial charge in [-0.3, -0.25) is 71.9 Å². The van der Waals surface area contributed by atoms with E-state index in [1.807, 2.05) is 52.0 Å². The average Bonchev–Trinajstić information content (AvgIpc) is 1.66. The lowest BCUT2D eigenvalue weighted by molar-refractivity contribution is -0.136. The number of para-hydroxylation sites is 1. The van der Waals surface area contributed by atoms with Gasteiger partial charge in [0, 0.05) is 29.9 Å². The van der Waals surface area contributed by atoms with Gasteiger partial charge in [0.1, 0.15) is 72.5 Å². The van der Waals surface area contributed by atoms with E-state index >= 15 is 0 Å². The molecule has 1 heterocycles. The Kier molecular flexibility index (Phi) is 49.7. The van der Waals surface area contributed by atoms with E-state index in [2.05, 4.69) is 79.4 Å². The van der Waals surface area contributed by atoms with Crippen molar-refractivity contribution in [3.63, 3.8) is 0 Å². The minimum Gasteiger partial charge on any atom is -0.368 e. The topological polar surface area (TPSA) is 622 Å². The molecule has 0 bridgehead atoms. The number of nitrogens with two attached hydrogens (primary N) is 7. The van der Waals surface area contributed by atoms with Crippen molar-refractivity contribution in [1.82, 2.24) is 79.4 Å². The maximum absolute atomic E-state index is 14.9. The van der Waals surface area contributed by atoms with E-state index in [4.69, 9.17) is 40.1 Å². The van der Waals surface area contributed by atoms with E-state index in [0.717, 1.165) is 10.9 Å². The Morgan fingerprint density at radius 3 is 1.17 bits per heavy atom. The van der Waals surface area contributed by atoms with Crippen molar-refractivity contribution in [2.45, 2.75) is 283 Å². The molecule has 122 heavy (non-hydrogen) atoms. The Bertz CT molecular complexity index is 3810. The van der Waals surface area contributed by atoms with Crippen LogP contribution < -0.4 is 115 Å². The summed E-state index contributed by atoms with van der Waals surface area (Å²) in [4.78, 5) is 213. The minimum absolute atomic E-state index is 0.0154. The number of amides is 15. The van der Waals surface area contributed by atoms with E-state index in [9.17, 15) is 71.9 Å². The molecule has 0 unspecified atom stereocenters. The molecule has 15 amide bonds. The van der Waals surface area contributed by atoms with Crippen molar-refractivity contribution in [2.24, 2.45) is 69.7 Å². The molecule has 0 saturated carbocycles. The van der Waals surface area contributed by atoms with Crippen LogP contribution in [0.5, 0.6) is 0 Å². The molecular weight excluding hydrogens is 1570 g/mol. The zero-order valence-electron chi connectivity index (χ0n) is 73.4. The second-order valence-electron chi connectivity index (χ2n) is 33.0. The number of aromatic nitrogens is 1. The fourth-order valence-electron chi connectivity index (χ4n) is 13.5. The summed E-state index contributed by atoms with van der Waals surface area (Å²) in [6.07, 6.45) is 7.39. The highest BCUT2D eigenvalue weighted by molar-refractivity contribution is 6.00. The van der Waals surface area contributed by atoms with Crippen LogP contribution in [0, 0.1) is 29.6 Å².